The molecular weight excluding hydrogens is 370 g/mol. The molecule has 1 atom stereocenters. The zero-order valence-electron chi connectivity index (χ0n) is 16.4. The van der Waals surface area contributed by atoms with E-state index in [1.54, 1.807) is 26.0 Å². The van der Waals surface area contributed by atoms with Crippen LogP contribution in [0.25, 0.3) is 10.8 Å². The Balaban J connectivity index is 1.79. The highest BCUT2D eigenvalue weighted by Crippen LogP contribution is 2.11. The SMILES string of the molecule is CCOC(=O)C(Cc1ccccc1)NC(=O)Cn1nc(C)c2ccccc2c1=O. The van der Waals surface area contributed by atoms with Crippen LogP contribution in [-0.2, 0) is 27.3 Å². The summed E-state index contributed by atoms with van der Waals surface area (Å²) in [7, 11) is 0. The van der Waals surface area contributed by atoms with E-state index in [-0.39, 0.29) is 18.7 Å². The van der Waals surface area contributed by atoms with Gasteiger partial charge in [0.15, 0.2) is 0 Å². The second-order valence-electron chi connectivity index (χ2n) is 6.66. The first-order valence-electron chi connectivity index (χ1n) is 9.46. The number of ether oxygens (including phenoxy) is 1. The van der Waals surface area contributed by atoms with Crippen LogP contribution in [0.2, 0.25) is 0 Å². The second-order valence-corrected chi connectivity index (χ2v) is 6.66. The van der Waals surface area contributed by atoms with Gasteiger partial charge in [-0.05, 0) is 25.5 Å². The fourth-order valence-corrected chi connectivity index (χ4v) is 3.17. The van der Waals surface area contributed by atoms with Gasteiger partial charge < -0.3 is 10.1 Å². The molecule has 0 aliphatic rings. The van der Waals surface area contributed by atoms with Crippen LogP contribution in [0.15, 0.2) is 59.4 Å². The van der Waals surface area contributed by atoms with Crippen LogP contribution in [0.4, 0.5) is 0 Å². The minimum absolute atomic E-state index is 0.213. The quantitative estimate of drug-likeness (QED) is 0.620. The molecule has 0 fully saturated rings. The number of aromatic nitrogens is 2. The van der Waals surface area contributed by atoms with Crippen molar-refractivity contribution in [3.8, 4) is 0 Å². The number of hydrogen-bond donors (Lipinski definition) is 1. The molecule has 0 aliphatic carbocycles. The first-order chi connectivity index (χ1) is 14.0. The molecule has 1 heterocycles. The first-order valence-corrected chi connectivity index (χ1v) is 9.46. The van der Waals surface area contributed by atoms with Gasteiger partial charge in [-0.1, -0.05) is 48.5 Å². The average Bonchev–Trinajstić information content (AvgIpc) is 2.72. The molecule has 29 heavy (non-hydrogen) atoms. The summed E-state index contributed by atoms with van der Waals surface area (Å²) in [5, 5.41) is 8.17. The molecular formula is C22H23N3O4. The monoisotopic (exact) mass is 393 g/mol. The van der Waals surface area contributed by atoms with E-state index < -0.39 is 17.9 Å². The lowest BCUT2D eigenvalue weighted by Crippen LogP contribution is -2.45. The fourth-order valence-electron chi connectivity index (χ4n) is 3.17. The van der Waals surface area contributed by atoms with Crippen LogP contribution in [-0.4, -0.2) is 34.3 Å². The molecule has 0 saturated heterocycles. The van der Waals surface area contributed by atoms with E-state index in [1.165, 1.54) is 0 Å². The summed E-state index contributed by atoms with van der Waals surface area (Å²) in [5.74, 6) is -0.997. The number of nitrogens with zero attached hydrogens (tertiary/aromatic N) is 2. The Hall–Kier alpha value is -3.48. The van der Waals surface area contributed by atoms with Crippen molar-refractivity contribution in [2.45, 2.75) is 32.9 Å². The smallest absolute Gasteiger partial charge is 0.328 e. The highest BCUT2D eigenvalue weighted by Gasteiger charge is 2.23. The van der Waals surface area contributed by atoms with Gasteiger partial charge in [0, 0.05) is 11.8 Å². The molecule has 1 aromatic heterocycles. The summed E-state index contributed by atoms with van der Waals surface area (Å²) in [5.41, 5.74) is 1.19. The number of amides is 1. The van der Waals surface area contributed by atoms with E-state index in [4.69, 9.17) is 4.74 Å². The normalized spacial score (nSPS) is 11.8. The van der Waals surface area contributed by atoms with Gasteiger partial charge in [-0.25, -0.2) is 9.48 Å². The molecule has 0 radical (unpaired) electrons. The first kappa shape index (κ1) is 20.3. The van der Waals surface area contributed by atoms with Gasteiger partial charge in [0.1, 0.15) is 12.6 Å². The van der Waals surface area contributed by atoms with E-state index in [1.807, 2.05) is 42.5 Å². The third-order valence-corrected chi connectivity index (χ3v) is 4.53. The van der Waals surface area contributed by atoms with Crippen molar-refractivity contribution in [2.75, 3.05) is 6.61 Å². The lowest BCUT2D eigenvalue weighted by Gasteiger charge is -2.18. The highest BCUT2D eigenvalue weighted by atomic mass is 16.5. The van der Waals surface area contributed by atoms with Crippen LogP contribution >= 0.6 is 0 Å². The third kappa shape index (κ3) is 4.87. The Labute approximate surface area is 168 Å². The van der Waals surface area contributed by atoms with Crippen molar-refractivity contribution in [3.63, 3.8) is 0 Å². The number of hydrogen-bond acceptors (Lipinski definition) is 5. The van der Waals surface area contributed by atoms with Crippen LogP contribution in [0, 0.1) is 6.92 Å². The van der Waals surface area contributed by atoms with Crippen molar-refractivity contribution < 1.29 is 14.3 Å². The Kier molecular flexibility index (Phi) is 6.39. The average molecular weight is 393 g/mol. The Morgan fingerprint density at radius 1 is 1.07 bits per heavy atom. The van der Waals surface area contributed by atoms with Crippen molar-refractivity contribution in [2.24, 2.45) is 0 Å². The van der Waals surface area contributed by atoms with E-state index in [9.17, 15) is 14.4 Å². The lowest BCUT2D eigenvalue weighted by molar-refractivity contribution is -0.147. The van der Waals surface area contributed by atoms with Crippen LogP contribution in [0.1, 0.15) is 18.2 Å². The summed E-state index contributed by atoms with van der Waals surface area (Å²) in [6.45, 7) is 3.42. The molecule has 3 rings (SSSR count). The number of benzene rings is 2. The molecule has 0 spiro atoms. The largest absolute Gasteiger partial charge is 0.464 e. The van der Waals surface area contributed by atoms with Crippen LogP contribution < -0.4 is 10.9 Å². The predicted octanol–water partition coefficient (Wildman–Crippen LogP) is 2.00. The van der Waals surface area contributed by atoms with E-state index in [0.29, 0.717) is 17.5 Å². The number of fused-ring (bicyclic) bond motifs is 1. The van der Waals surface area contributed by atoms with Crippen LogP contribution in [0.5, 0.6) is 0 Å². The van der Waals surface area contributed by atoms with E-state index in [2.05, 4.69) is 10.4 Å². The Morgan fingerprint density at radius 3 is 2.41 bits per heavy atom. The number of carbonyl (C=O) groups excluding carboxylic acids is 2. The summed E-state index contributed by atoms with van der Waals surface area (Å²) < 4.78 is 6.21. The number of carbonyl (C=O) groups is 2. The van der Waals surface area contributed by atoms with E-state index in [0.717, 1.165) is 15.6 Å². The third-order valence-electron chi connectivity index (χ3n) is 4.53. The van der Waals surface area contributed by atoms with Crippen molar-refractivity contribution in [1.29, 1.82) is 0 Å². The van der Waals surface area contributed by atoms with Gasteiger partial charge in [-0.3, -0.25) is 9.59 Å². The summed E-state index contributed by atoms with van der Waals surface area (Å²) in [4.78, 5) is 37.6. The summed E-state index contributed by atoms with van der Waals surface area (Å²) in [6, 6.07) is 15.6. The predicted molar refractivity (Wildman–Crippen MR) is 109 cm³/mol. The highest BCUT2D eigenvalue weighted by molar-refractivity contribution is 5.86. The standard InChI is InChI=1S/C22H23N3O4/c1-3-29-22(28)19(13-16-9-5-4-6-10-16)23-20(26)14-25-21(27)18-12-8-7-11-17(18)15(2)24-25/h4-12,19H,3,13-14H2,1-2H3,(H,23,26). The summed E-state index contributed by atoms with van der Waals surface area (Å²) in [6.07, 6.45) is 0.296. The number of esters is 1. The number of rotatable bonds is 7. The van der Waals surface area contributed by atoms with Crippen LogP contribution in [0.3, 0.4) is 0 Å². The maximum atomic E-state index is 12.7. The minimum Gasteiger partial charge on any atom is -0.464 e. The van der Waals surface area contributed by atoms with Crippen molar-refractivity contribution in [3.05, 3.63) is 76.2 Å². The van der Waals surface area contributed by atoms with Gasteiger partial charge in [-0.15, -0.1) is 0 Å². The number of aryl methyl sites for hydroxylation is 1. The maximum Gasteiger partial charge on any atom is 0.328 e. The molecule has 7 nitrogen and oxygen atoms in total. The van der Waals surface area contributed by atoms with Crippen molar-refractivity contribution >= 4 is 22.6 Å². The molecule has 1 N–H and O–H groups in total. The minimum atomic E-state index is -0.845. The maximum absolute atomic E-state index is 12.7. The molecule has 1 unspecified atom stereocenters. The van der Waals surface area contributed by atoms with Gasteiger partial charge in [0.05, 0.1) is 17.7 Å². The van der Waals surface area contributed by atoms with Gasteiger partial charge in [-0.2, -0.15) is 5.10 Å². The molecule has 1 amide bonds. The zero-order chi connectivity index (χ0) is 20.8. The Morgan fingerprint density at radius 2 is 1.72 bits per heavy atom. The topological polar surface area (TPSA) is 90.3 Å². The zero-order valence-corrected chi connectivity index (χ0v) is 16.4. The van der Waals surface area contributed by atoms with Gasteiger partial charge in [0.25, 0.3) is 5.56 Å². The molecule has 0 saturated carbocycles. The summed E-state index contributed by atoms with van der Waals surface area (Å²) >= 11 is 0. The lowest BCUT2D eigenvalue weighted by atomic mass is 10.1. The number of nitrogens with one attached hydrogen (secondary N) is 1. The Bertz CT molecular complexity index is 1080. The molecule has 0 bridgehead atoms. The molecule has 150 valence electrons. The van der Waals surface area contributed by atoms with Gasteiger partial charge in [0.2, 0.25) is 5.91 Å². The fraction of sp³-hybridized carbons (Fsp3) is 0.273. The van der Waals surface area contributed by atoms with Gasteiger partial charge >= 0.3 is 5.97 Å². The molecule has 3 aromatic rings. The van der Waals surface area contributed by atoms with Crippen molar-refractivity contribution in [1.82, 2.24) is 15.1 Å². The molecule has 0 aliphatic heterocycles. The second kappa shape index (κ2) is 9.14. The molecule has 7 heteroatoms. The van der Waals surface area contributed by atoms with E-state index >= 15 is 0 Å². The molecule has 2 aromatic carbocycles.